The van der Waals surface area contributed by atoms with Gasteiger partial charge in [-0.15, -0.1) is 0 Å². The molecular weight excluding hydrogens is 237 g/mol. The second kappa shape index (κ2) is 3.64. The van der Waals surface area contributed by atoms with Gasteiger partial charge in [-0.05, 0) is 18.2 Å². The maximum absolute atomic E-state index is 10.9. The quantitative estimate of drug-likeness (QED) is 0.831. The fourth-order valence-electron chi connectivity index (χ4n) is 1.16. The maximum atomic E-state index is 10.9. The summed E-state index contributed by atoms with van der Waals surface area (Å²) in [5, 5.41) is 0.238. The zero-order valence-corrected chi connectivity index (χ0v) is 8.88. The van der Waals surface area contributed by atoms with Crippen molar-refractivity contribution in [3.8, 4) is 0 Å². The largest absolute Gasteiger partial charge is 0.366 e. The first kappa shape index (κ1) is 10.1. The zero-order valence-electron chi connectivity index (χ0n) is 7.37. The van der Waals surface area contributed by atoms with Crippen LogP contribution in [0, 0.1) is 0 Å². The molecule has 6 heteroatoms. The van der Waals surface area contributed by atoms with Crippen LogP contribution in [0.2, 0.25) is 10.3 Å². The molecule has 0 aliphatic carbocycles. The van der Waals surface area contributed by atoms with Crippen LogP contribution in [-0.4, -0.2) is 15.9 Å². The minimum Gasteiger partial charge on any atom is -0.366 e. The van der Waals surface area contributed by atoms with Gasteiger partial charge < -0.3 is 5.73 Å². The number of carbonyl (C=O) groups is 1. The van der Waals surface area contributed by atoms with Gasteiger partial charge in [0.15, 0.2) is 10.3 Å². The lowest BCUT2D eigenvalue weighted by Gasteiger charge is -2.00. The molecule has 0 bridgehead atoms. The number of amides is 1. The van der Waals surface area contributed by atoms with Gasteiger partial charge in [0.2, 0.25) is 5.91 Å². The van der Waals surface area contributed by atoms with Crippen LogP contribution in [-0.2, 0) is 0 Å². The monoisotopic (exact) mass is 241 g/mol. The summed E-state index contributed by atoms with van der Waals surface area (Å²) in [6.07, 6.45) is 0. The van der Waals surface area contributed by atoms with Gasteiger partial charge in [-0.1, -0.05) is 23.2 Å². The molecule has 4 nitrogen and oxygen atoms in total. The first-order valence-corrected chi connectivity index (χ1v) is 4.76. The number of halogens is 2. The molecule has 1 aromatic carbocycles. The van der Waals surface area contributed by atoms with E-state index in [4.69, 9.17) is 28.9 Å². The van der Waals surface area contributed by atoms with E-state index in [1.807, 2.05) is 0 Å². The molecule has 0 unspecified atom stereocenters. The first-order valence-electron chi connectivity index (χ1n) is 4.00. The predicted molar refractivity (Wildman–Crippen MR) is 58.1 cm³/mol. The molecule has 0 saturated carbocycles. The molecule has 2 N–H and O–H groups in total. The molecule has 1 aromatic heterocycles. The first-order chi connectivity index (χ1) is 7.08. The zero-order chi connectivity index (χ0) is 11.0. The van der Waals surface area contributed by atoms with Gasteiger partial charge in [-0.25, -0.2) is 9.97 Å². The summed E-state index contributed by atoms with van der Waals surface area (Å²) >= 11 is 11.4. The molecule has 1 amide bonds. The third-order valence-corrected chi connectivity index (χ3v) is 2.49. The van der Waals surface area contributed by atoms with Gasteiger partial charge >= 0.3 is 0 Å². The van der Waals surface area contributed by atoms with E-state index in [0.29, 0.717) is 16.6 Å². The number of primary amides is 1. The van der Waals surface area contributed by atoms with Crippen molar-refractivity contribution in [2.45, 2.75) is 0 Å². The van der Waals surface area contributed by atoms with Crippen molar-refractivity contribution in [1.82, 2.24) is 9.97 Å². The number of rotatable bonds is 1. The average Bonchev–Trinajstić information content (AvgIpc) is 2.19. The minimum absolute atomic E-state index is 0.103. The van der Waals surface area contributed by atoms with E-state index >= 15 is 0 Å². The molecule has 2 aromatic rings. The summed E-state index contributed by atoms with van der Waals surface area (Å²) in [5.41, 5.74) is 6.53. The Balaban J connectivity index is 2.72. The highest BCUT2D eigenvalue weighted by Crippen LogP contribution is 2.21. The van der Waals surface area contributed by atoms with Gasteiger partial charge in [0, 0.05) is 5.56 Å². The van der Waals surface area contributed by atoms with Crippen LogP contribution < -0.4 is 5.73 Å². The van der Waals surface area contributed by atoms with Crippen LogP contribution in [0.1, 0.15) is 10.4 Å². The second-order valence-electron chi connectivity index (χ2n) is 2.87. The maximum Gasteiger partial charge on any atom is 0.248 e. The number of fused-ring (bicyclic) bond motifs is 1. The Labute approximate surface area is 95.0 Å². The van der Waals surface area contributed by atoms with Gasteiger partial charge in [0.1, 0.15) is 0 Å². The van der Waals surface area contributed by atoms with Crippen molar-refractivity contribution in [2.24, 2.45) is 5.73 Å². The lowest BCUT2D eigenvalue weighted by Crippen LogP contribution is -2.10. The summed E-state index contributed by atoms with van der Waals surface area (Å²) in [7, 11) is 0. The molecule has 0 saturated heterocycles. The fraction of sp³-hybridized carbons (Fsp3) is 0. The molecule has 0 spiro atoms. The highest BCUT2D eigenvalue weighted by atomic mass is 35.5. The van der Waals surface area contributed by atoms with Gasteiger partial charge in [-0.3, -0.25) is 4.79 Å². The van der Waals surface area contributed by atoms with Gasteiger partial charge in [0.05, 0.1) is 11.0 Å². The summed E-state index contributed by atoms with van der Waals surface area (Å²) in [5.74, 6) is -0.523. The Bertz CT molecular complexity index is 556. The van der Waals surface area contributed by atoms with Crippen LogP contribution in [0.5, 0.6) is 0 Å². The van der Waals surface area contributed by atoms with E-state index < -0.39 is 5.91 Å². The molecule has 0 fully saturated rings. The predicted octanol–water partition coefficient (Wildman–Crippen LogP) is 2.04. The fourth-order valence-corrected chi connectivity index (χ4v) is 1.43. The van der Waals surface area contributed by atoms with Crippen LogP contribution in [0.25, 0.3) is 11.0 Å². The van der Waals surface area contributed by atoms with Crippen LogP contribution in [0.3, 0.4) is 0 Å². The van der Waals surface area contributed by atoms with Crippen molar-refractivity contribution >= 4 is 40.1 Å². The Morgan fingerprint density at radius 3 is 2.33 bits per heavy atom. The average molecular weight is 242 g/mol. The van der Waals surface area contributed by atoms with E-state index in [2.05, 4.69) is 9.97 Å². The number of hydrogen-bond donors (Lipinski definition) is 1. The number of nitrogens with two attached hydrogens (primary N) is 1. The SMILES string of the molecule is NC(=O)c1ccc2nc(Cl)c(Cl)nc2c1. The lowest BCUT2D eigenvalue weighted by atomic mass is 10.2. The molecule has 1 heterocycles. The normalized spacial score (nSPS) is 10.5. The van der Waals surface area contributed by atoms with Crippen molar-refractivity contribution < 1.29 is 4.79 Å². The second-order valence-corrected chi connectivity index (χ2v) is 3.59. The van der Waals surface area contributed by atoms with E-state index in [1.54, 1.807) is 12.1 Å². The van der Waals surface area contributed by atoms with Crippen molar-refractivity contribution in [1.29, 1.82) is 0 Å². The highest BCUT2D eigenvalue weighted by molar-refractivity contribution is 6.40. The van der Waals surface area contributed by atoms with E-state index in [-0.39, 0.29) is 10.3 Å². The molecule has 15 heavy (non-hydrogen) atoms. The van der Waals surface area contributed by atoms with Crippen LogP contribution in [0.4, 0.5) is 0 Å². The molecular formula is C9H5Cl2N3O. The Hall–Kier alpha value is -1.39. The number of hydrogen-bond acceptors (Lipinski definition) is 3. The van der Waals surface area contributed by atoms with E-state index in [9.17, 15) is 4.79 Å². The van der Waals surface area contributed by atoms with E-state index in [0.717, 1.165) is 0 Å². The molecule has 0 aliphatic rings. The van der Waals surface area contributed by atoms with Gasteiger partial charge in [-0.2, -0.15) is 0 Å². The third-order valence-electron chi connectivity index (χ3n) is 1.87. The number of aromatic nitrogens is 2. The van der Waals surface area contributed by atoms with Crippen LogP contribution >= 0.6 is 23.2 Å². The van der Waals surface area contributed by atoms with Crippen molar-refractivity contribution in [3.63, 3.8) is 0 Å². The highest BCUT2D eigenvalue weighted by Gasteiger charge is 2.07. The summed E-state index contributed by atoms with van der Waals surface area (Å²) in [6.45, 7) is 0. The molecule has 2 rings (SSSR count). The summed E-state index contributed by atoms with van der Waals surface area (Å²) in [6, 6.07) is 4.70. The van der Waals surface area contributed by atoms with Crippen molar-refractivity contribution in [2.75, 3.05) is 0 Å². The van der Waals surface area contributed by atoms with Crippen molar-refractivity contribution in [3.05, 3.63) is 34.1 Å². The standard InChI is InChI=1S/C9H5Cl2N3O/c10-7-8(11)14-6-3-4(9(12)15)1-2-5(6)13-7/h1-3H,(H2,12,15). The Morgan fingerprint density at radius 2 is 1.73 bits per heavy atom. The molecule has 0 radical (unpaired) electrons. The summed E-state index contributed by atoms with van der Waals surface area (Å²) < 4.78 is 0. The molecule has 0 atom stereocenters. The van der Waals surface area contributed by atoms with Crippen LogP contribution in [0.15, 0.2) is 18.2 Å². The smallest absolute Gasteiger partial charge is 0.248 e. The van der Waals surface area contributed by atoms with Gasteiger partial charge in [0.25, 0.3) is 0 Å². The molecule has 0 aliphatic heterocycles. The lowest BCUT2D eigenvalue weighted by molar-refractivity contribution is 0.100. The Morgan fingerprint density at radius 1 is 1.13 bits per heavy atom. The number of benzene rings is 1. The number of nitrogens with zero attached hydrogens (tertiary/aromatic N) is 2. The third kappa shape index (κ3) is 1.86. The minimum atomic E-state index is -0.523. The topological polar surface area (TPSA) is 68.9 Å². The summed E-state index contributed by atoms with van der Waals surface area (Å²) in [4.78, 5) is 18.9. The Kier molecular flexibility index (Phi) is 2.46. The van der Waals surface area contributed by atoms with E-state index in [1.165, 1.54) is 6.07 Å². The number of carbonyl (C=O) groups excluding carboxylic acids is 1. The molecule has 76 valence electrons.